The van der Waals surface area contributed by atoms with Crippen molar-refractivity contribution in [3.63, 3.8) is 0 Å². The molecule has 2 aromatic rings. The molecule has 0 aromatic heterocycles. The van der Waals surface area contributed by atoms with Crippen molar-refractivity contribution in [3.05, 3.63) is 71.8 Å². The van der Waals surface area contributed by atoms with Crippen LogP contribution in [0.3, 0.4) is 0 Å². The first kappa shape index (κ1) is 15.7. The molecule has 0 bridgehead atoms. The lowest BCUT2D eigenvalue weighted by molar-refractivity contribution is 0.358. The fraction of sp³-hybridized carbons (Fsp3) is 0.368. The third-order valence-electron chi connectivity index (χ3n) is 4.37. The van der Waals surface area contributed by atoms with Crippen LogP contribution in [0.4, 0.5) is 0 Å². The molecule has 2 rings (SSSR count). The molecule has 1 unspecified atom stereocenters. The molecular weight excluding hydrogens is 256 g/mol. The van der Waals surface area contributed by atoms with Crippen LogP contribution in [-0.2, 0) is 5.54 Å². The molecule has 0 amide bonds. The fourth-order valence-corrected chi connectivity index (χ4v) is 2.90. The van der Waals surface area contributed by atoms with E-state index in [1.807, 2.05) is 7.05 Å². The van der Waals surface area contributed by atoms with Crippen LogP contribution in [0, 0.1) is 5.92 Å². The molecular formula is C19H26N2. The Bertz CT molecular complexity index is 482. The second-order valence-electron chi connectivity index (χ2n) is 5.77. The van der Waals surface area contributed by atoms with Crippen molar-refractivity contribution in [2.24, 2.45) is 11.7 Å². The number of nitrogens with two attached hydrogens (primary N) is 1. The Labute approximate surface area is 128 Å². The summed E-state index contributed by atoms with van der Waals surface area (Å²) in [7, 11) is 2.05. The van der Waals surface area contributed by atoms with Crippen LogP contribution in [-0.4, -0.2) is 13.6 Å². The zero-order valence-electron chi connectivity index (χ0n) is 13.0. The highest BCUT2D eigenvalue weighted by molar-refractivity contribution is 5.38. The van der Waals surface area contributed by atoms with E-state index >= 15 is 0 Å². The molecule has 0 radical (unpaired) electrons. The van der Waals surface area contributed by atoms with Gasteiger partial charge in [0.1, 0.15) is 0 Å². The zero-order valence-corrected chi connectivity index (χ0v) is 13.0. The summed E-state index contributed by atoms with van der Waals surface area (Å²) in [5.41, 5.74) is 8.27. The maximum Gasteiger partial charge on any atom is 0.0688 e. The largest absolute Gasteiger partial charge is 0.330 e. The van der Waals surface area contributed by atoms with Gasteiger partial charge < -0.3 is 11.1 Å². The van der Waals surface area contributed by atoms with E-state index in [1.165, 1.54) is 11.1 Å². The highest BCUT2D eigenvalue weighted by Gasteiger charge is 2.32. The predicted molar refractivity (Wildman–Crippen MR) is 90.2 cm³/mol. The quantitative estimate of drug-likeness (QED) is 0.815. The lowest BCUT2D eigenvalue weighted by Crippen LogP contribution is -2.41. The molecule has 0 heterocycles. The average molecular weight is 282 g/mol. The van der Waals surface area contributed by atoms with Crippen molar-refractivity contribution < 1.29 is 0 Å². The van der Waals surface area contributed by atoms with Gasteiger partial charge in [-0.15, -0.1) is 0 Å². The van der Waals surface area contributed by atoms with Crippen molar-refractivity contribution in [1.82, 2.24) is 5.32 Å². The van der Waals surface area contributed by atoms with E-state index in [1.54, 1.807) is 0 Å². The molecule has 1 atom stereocenters. The summed E-state index contributed by atoms with van der Waals surface area (Å²) >= 11 is 0. The van der Waals surface area contributed by atoms with Crippen molar-refractivity contribution >= 4 is 0 Å². The molecule has 21 heavy (non-hydrogen) atoms. The minimum atomic E-state index is -0.147. The molecule has 2 aromatic carbocycles. The van der Waals surface area contributed by atoms with Gasteiger partial charge in [-0.3, -0.25) is 0 Å². The molecule has 2 nitrogen and oxygen atoms in total. The third kappa shape index (κ3) is 3.52. The Kier molecular flexibility index (Phi) is 5.54. The predicted octanol–water partition coefficient (Wildman–Crippen LogP) is 3.52. The minimum Gasteiger partial charge on any atom is -0.330 e. The number of nitrogens with one attached hydrogen (secondary N) is 1. The number of hydrogen-bond acceptors (Lipinski definition) is 2. The van der Waals surface area contributed by atoms with Crippen LogP contribution in [0.5, 0.6) is 0 Å². The minimum absolute atomic E-state index is 0.147. The van der Waals surface area contributed by atoms with Gasteiger partial charge in [-0.05, 0) is 43.5 Å². The molecule has 0 saturated heterocycles. The zero-order chi connectivity index (χ0) is 15.1. The van der Waals surface area contributed by atoms with Crippen molar-refractivity contribution in [3.8, 4) is 0 Å². The summed E-state index contributed by atoms with van der Waals surface area (Å²) in [4.78, 5) is 0. The SMILES string of the molecule is CNC(CCC(C)CN)(c1ccccc1)c1ccccc1. The van der Waals surface area contributed by atoms with E-state index in [0.717, 1.165) is 19.4 Å². The van der Waals surface area contributed by atoms with Crippen LogP contribution < -0.4 is 11.1 Å². The van der Waals surface area contributed by atoms with E-state index in [0.29, 0.717) is 5.92 Å². The van der Waals surface area contributed by atoms with Crippen LogP contribution in [0.2, 0.25) is 0 Å². The molecule has 0 aliphatic carbocycles. The molecule has 0 aliphatic rings. The van der Waals surface area contributed by atoms with Crippen LogP contribution in [0.15, 0.2) is 60.7 Å². The maximum atomic E-state index is 5.80. The van der Waals surface area contributed by atoms with Crippen LogP contribution >= 0.6 is 0 Å². The Balaban J connectivity index is 2.41. The average Bonchev–Trinajstić information content (AvgIpc) is 2.57. The summed E-state index contributed by atoms with van der Waals surface area (Å²) < 4.78 is 0. The number of rotatable bonds is 7. The molecule has 0 fully saturated rings. The summed E-state index contributed by atoms with van der Waals surface area (Å²) in [5.74, 6) is 0.533. The van der Waals surface area contributed by atoms with Crippen molar-refractivity contribution in [2.45, 2.75) is 25.3 Å². The van der Waals surface area contributed by atoms with Gasteiger partial charge in [0.2, 0.25) is 0 Å². The van der Waals surface area contributed by atoms with Gasteiger partial charge in [0.25, 0.3) is 0 Å². The standard InChI is InChI=1S/C19H26N2/c1-16(15-20)13-14-19(21-2,17-9-5-3-6-10-17)18-11-7-4-8-12-18/h3-12,16,21H,13-15,20H2,1-2H3. The first-order chi connectivity index (χ1) is 10.2. The summed E-state index contributed by atoms with van der Waals surface area (Å²) in [6, 6.07) is 21.4. The van der Waals surface area contributed by atoms with Gasteiger partial charge in [0, 0.05) is 0 Å². The smallest absolute Gasteiger partial charge is 0.0688 e. The van der Waals surface area contributed by atoms with E-state index in [4.69, 9.17) is 5.73 Å². The lowest BCUT2D eigenvalue weighted by Gasteiger charge is -2.36. The molecule has 3 N–H and O–H groups in total. The van der Waals surface area contributed by atoms with E-state index in [-0.39, 0.29) is 5.54 Å². The second-order valence-corrected chi connectivity index (χ2v) is 5.77. The summed E-state index contributed by atoms with van der Waals surface area (Å²) in [5, 5.41) is 3.59. The summed E-state index contributed by atoms with van der Waals surface area (Å²) in [6.07, 6.45) is 2.14. The van der Waals surface area contributed by atoms with Gasteiger partial charge in [-0.1, -0.05) is 67.6 Å². The highest BCUT2D eigenvalue weighted by Crippen LogP contribution is 2.34. The monoisotopic (exact) mass is 282 g/mol. The first-order valence-electron chi connectivity index (χ1n) is 7.73. The molecule has 112 valence electrons. The van der Waals surface area contributed by atoms with Crippen molar-refractivity contribution in [1.29, 1.82) is 0 Å². The van der Waals surface area contributed by atoms with Gasteiger partial charge in [-0.25, -0.2) is 0 Å². The lowest BCUT2D eigenvalue weighted by atomic mass is 9.78. The number of hydrogen-bond donors (Lipinski definition) is 2. The normalized spacial score (nSPS) is 13.1. The Morgan fingerprint density at radius 3 is 1.81 bits per heavy atom. The summed E-state index contributed by atoms with van der Waals surface area (Å²) in [6.45, 7) is 2.96. The number of benzene rings is 2. The van der Waals surface area contributed by atoms with Gasteiger partial charge in [0.05, 0.1) is 5.54 Å². The third-order valence-corrected chi connectivity index (χ3v) is 4.37. The molecule has 0 spiro atoms. The second kappa shape index (κ2) is 7.39. The van der Waals surface area contributed by atoms with E-state index < -0.39 is 0 Å². The Hall–Kier alpha value is -1.64. The van der Waals surface area contributed by atoms with E-state index in [2.05, 4.69) is 72.9 Å². The van der Waals surface area contributed by atoms with Crippen LogP contribution in [0.1, 0.15) is 30.9 Å². The Morgan fingerprint density at radius 2 is 1.43 bits per heavy atom. The van der Waals surface area contributed by atoms with Gasteiger partial charge in [-0.2, -0.15) is 0 Å². The fourth-order valence-electron chi connectivity index (χ4n) is 2.90. The van der Waals surface area contributed by atoms with Gasteiger partial charge >= 0.3 is 0 Å². The van der Waals surface area contributed by atoms with E-state index in [9.17, 15) is 0 Å². The first-order valence-corrected chi connectivity index (χ1v) is 7.73. The Morgan fingerprint density at radius 1 is 0.952 bits per heavy atom. The topological polar surface area (TPSA) is 38.0 Å². The van der Waals surface area contributed by atoms with Crippen molar-refractivity contribution in [2.75, 3.05) is 13.6 Å². The highest BCUT2D eigenvalue weighted by atomic mass is 14.9. The maximum absolute atomic E-state index is 5.80. The van der Waals surface area contributed by atoms with Crippen LogP contribution in [0.25, 0.3) is 0 Å². The molecule has 0 saturated carbocycles. The molecule has 2 heteroatoms. The molecule has 0 aliphatic heterocycles. The van der Waals surface area contributed by atoms with Gasteiger partial charge in [0.15, 0.2) is 0 Å².